The molecule has 1 fully saturated rings. The summed E-state index contributed by atoms with van der Waals surface area (Å²) in [6, 6.07) is 11.4. The number of nitrogens with one attached hydrogen (secondary N) is 1. The van der Waals surface area contributed by atoms with Gasteiger partial charge in [0.2, 0.25) is 0 Å². The molecule has 1 unspecified atom stereocenters. The maximum Gasteiger partial charge on any atom is 0.410 e. The van der Waals surface area contributed by atoms with Crippen LogP contribution in [0.2, 0.25) is 0 Å². The van der Waals surface area contributed by atoms with Crippen LogP contribution in [0, 0.1) is 6.92 Å². The Balaban J connectivity index is 1.70. The van der Waals surface area contributed by atoms with Crippen molar-refractivity contribution in [2.24, 2.45) is 0 Å². The Bertz CT molecular complexity index is 878. The summed E-state index contributed by atoms with van der Waals surface area (Å²) < 4.78 is 5.55. The molecule has 1 saturated heterocycles. The van der Waals surface area contributed by atoms with E-state index in [1.807, 2.05) is 75.2 Å². The van der Waals surface area contributed by atoms with Gasteiger partial charge >= 0.3 is 12.1 Å². The van der Waals surface area contributed by atoms with Gasteiger partial charge in [-0.15, -0.1) is 0 Å². The first kappa shape index (κ1) is 22.6. The second kappa shape index (κ2) is 9.81. The largest absolute Gasteiger partial charge is 0.444 e. The average molecular weight is 425 g/mol. The van der Waals surface area contributed by atoms with Crippen molar-refractivity contribution in [2.45, 2.75) is 52.2 Å². The van der Waals surface area contributed by atoms with Crippen LogP contribution in [0.25, 0.3) is 0 Å². The molecule has 2 aromatic rings. The van der Waals surface area contributed by atoms with Crippen molar-refractivity contribution in [3.8, 4) is 0 Å². The number of hydrogen-bond donors (Lipinski definition) is 1. The number of aryl methyl sites for hydroxylation is 2. The van der Waals surface area contributed by atoms with Gasteiger partial charge in [-0.05, 0) is 64.3 Å². The molecule has 3 rings (SSSR count). The molecule has 7 nitrogen and oxygen atoms in total. The molecule has 0 bridgehead atoms. The summed E-state index contributed by atoms with van der Waals surface area (Å²) >= 11 is 0. The highest BCUT2D eigenvalue weighted by atomic mass is 16.6. The zero-order valence-electron chi connectivity index (χ0n) is 18.8. The lowest BCUT2D eigenvalue weighted by Gasteiger charge is -2.41. The van der Waals surface area contributed by atoms with Crippen molar-refractivity contribution in [1.82, 2.24) is 14.8 Å². The van der Waals surface area contributed by atoms with E-state index in [2.05, 4.69) is 10.3 Å². The van der Waals surface area contributed by atoms with Crippen molar-refractivity contribution < 1.29 is 14.3 Å². The van der Waals surface area contributed by atoms with Crippen molar-refractivity contribution in [3.05, 3.63) is 59.9 Å². The number of carbonyl (C=O) groups excluding carboxylic acids is 2. The minimum absolute atomic E-state index is 0.119. The quantitative estimate of drug-likeness (QED) is 0.785. The number of anilines is 1. The van der Waals surface area contributed by atoms with Gasteiger partial charge in [0.25, 0.3) is 0 Å². The fraction of sp³-hybridized carbons (Fsp3) is 0.458. The second-order valence-corrected chi connectivity index (χ2v) is 8.97. The number of hydrogen-bond acceptors (Lipinski definition) is 4. The van der Waals surface area contributed by atoms with E-state index in [-0.39, 0.29) is 18.2 Å². The summed E-state index contributed by atoms with van der Waals surface area (Å²) in [5.41, 5.74) is 2.45. The lowest BCUT2D eigenvalue weighted by Crippen LogP contribution is -2.58. The molecule has 0 saturated carbocycles. The summed E-state index contributed by atoms with van der Waals surface area (Å²) in [4.78, 5) is 33.4. The molecule has 2 heterocycles. The predicted molar refractivity (Wildman–Crippen MR) is 121 cm³/mol. The third kappa shape index (κ3) is 6.70. The van der Waals surface area contributed by atoms with Crippen LogP contribution in [0.3, 0.4) is 0 Å². The number of carbonyl (C=O) groups is 2. The molecule has 166 valence electrons. The molecule has 0 aliphatic carbocycles. The van der Waals surface area contributed by atoms with E-state index in [0.29, 0.717) is 19.6 Å². The van der Waals surface area contributed by atoms with E-state index in [9.17, 15) is 9.59 Å². The van der Waals surface area contributed by atoms with Gasteiger partial charge in [0.1, 0.15) is 5.60 Å². The van der Waals surface area contributed by atoms with Crippen LogP contribution in [0.5, 0.6) is 0 Å². The number of pyridine rings is 1. The fourth-order valence-electron chi connectivity index (χ4n) is 3.57. The lowest BCUT2D eigenvalue weighted by molar-refractivity contribution is 0.00908. The molecular formula is C24H32N4O3. The number of urea groups is 1. The normalized spacial score (nSPS) is 16.7. The van der Waals surface area contributed by atoms with Crippen LogP contribution in [-0.2, 0) is 11.2 Å². The van der Waals surface area contributed by atoms with E-state index in [4.69, 9.17) is 4.74 Å². The first-order chi connectivity index (χ1) is 14.7. The molecule has 1 N–H and O–H groups in total. The molecule has 1 aromatic heterocycles. The van der Waals surface area contributed by atoms with E-state index in [1.165, 1.54) is 0 Å². The van der Waals surface area contributed by atoms with Crippen LogP contribution in [0.15, 0.2) is 48.8 Å². The summed E-state index contributed by atoms with van der Waals surface area (Å²) in [6.45, 7) is 8.92. The van der Waals surface area contributed by atoms with Gasteiger partial charge in [-0.1, -0.05) is 23.8 Å². The molecule has 0 spiro atoms. The van der Waals surface area contributed by atoms with Crippen molar-refractivity contribution >= 4 is 17.8 Å². The highest BCUT2D eigenvalue weighted by Gasteiger charge is 2.34. The topological polar surface area (TPSA) is 74.8 Å². The summed E-state index contributed by atoms with van der Waals surface area (Å²) in [5.74, 6) is 0. The number of aromatic nitrogens is 1. The summed E-state index contributed by atoms with van der Waals surface area (Å²) in [7, 11) is 0. The van der Waals surface area contributed by atoms with Gasteiger partial charge in [-0.2, -0.15) is 0 Å². The molecule has 1 atom stereocenters. The molecular weight excluding hydrogens is 392 g/mol. The Hall–Kier alpha value is -3.09. The zero-order chi connectivity index (χ0) is 22.4. The highest BCUT2D eigenvalue weighted by molar-refractivity contribution is 5.89. The summed E-state index contributed by atoms with van der Waals surface area (Å²) in [6.07, 6.45) is 4.75. The van der Waals surface area contributed by atoms with E-state index >= 15 is 0 Å². The second-order valence-electron chi connectivity index (χ2n) is 8.97. The van der Waals surface area contributed by atoms with E-state index in [1.54, 1.807) is 11.1 Å². The van der Waals surface area contributed by atoms with Gasteiger partial charge in [-0.3, -0.25) is 4.98 Å². The SMILES string of the molecule is Cc1ccc(NC(=O)N2CCN(C(=O)OC(C)(C)C)CC2CCc2cccnc2)cc1. The van der Waals surface area contributed by atoms with Gasteiger partial charge < -0.3 is 19.9 Å². The first-order valence-corrected chi connectivity index (χ1v) is 10.7. The van der Waals surface area contributed by atoms with Crippen LogP contribution in [-0.4, -0.2) is 58.2 Å². The first-order valence-electron chi connectivity index (χ1n) is 10.7. The van der Waals surface area contributed by atoms with Gasteiger partial charge in [0, 0.05) is 37.7 Å². The third-order valence-corrected chi connectivity index (χ3v) is 5.19. The number of piperazine rings is 1. The number of nitrogens with zero attached hydrogens (tertiary/aromatic N) is 3. The smallest absolute Gasteiger partial charge is 0.410 e. The number of ether oxygens (including phenoxy) is 1. The molecule has 1 aliphatic rings. The maximum absolute atomic E-state index is 13.0. The Morgan fingerprint density at radius 1 is 1.16 bits per heavy atom. The van der Waals surface area contributed by atoms with Gasteiger partial charge in [0.05, 0.1) is 6.04 Å². The van der Waals surface area contributed by atoms with Gasteiger partial charge in [-0.25, -0.2) is 9.59 Å². The zero-order valence-corrected chi connectivity index (χ0v) is 18.8. The van der Waals surface area contributed by atoms with Crippen molar-refractivity contribution in [2.75, 3.05) is 25.0 Å². The van der Waals surface area contributed by atoms with Crippen molar-refractivity contribution in [3.63, 3.8) is 0 Å². The number of rotatable bonds is 4. The van der Waals surface area contributed by atoms with Crippen LogP contribution >= 0.6 is 0 Å². The van der Waals surface area contributed by atoms with Crippen LogP contribution < -0.4 is 5.32 Å². The van der Waals surface area contributed by atoms with Crippen LogP contribution in [0.4, 0.5) is 15.3 Å². The Kier molecular flexibility index (Phi) is 7.15. The predicted octanol–water partition coefficient (Wildman–Crippen LogP) is 4.48. The third-order valence-electron chi connectivity index (χ3n) is 5.19. The van der Waals surface area contributed by atoms with Crippen LogP contribution in [0.1, 0.15) is 38.3 Å². The summed E-state index contributed by atoms with van der Waals surface area (Å²) in [5, 5.41) is 2.99. The molecule has 0 radical (unpaired) electrons. The lowest BCUT2D eigenvalue weighted by atomic mass is 10.0. The molecule has 3 amide bonds. The molecule has 1 aliphatic heterocycles. The standard InChI is InChI=1S/C24H32N4O3/c1-18-7-10-20(11-8-18)26-22(29)28-15-14-27(23(30)31-24(2,3)4)17-21(28)12-9-19-6-5-13-25-16-19/h5-8,10-11,13,16,21H,9,12,14-15,17H2,1-4H3,(H,26,29). The highest BCUT2D eigenvalue weighted by Crippen LogP contribution is 2.20. The molecule has 7 heteroatoms. The van der Waals surface area contributed by atoms with E-state index in [0.717, 1.165) is 29.7 Å². The fourth-order valence-corrected chi connectivity index (χ4v) is 3.57. The maximum atomic E-state index is 13.0. The Labute approximate surface area is 184 Å². The Morgan fingerprint density at radius 2 is 1.90 bits per heavy atom. The van der Waals surface area contributed by atoms with Crippen molar-refractivity contribution in [1.29, 1.82) is 0 Å². The number of benzene rings is 1. The number of amides is 3. The molecule has 31 heavy (non-hydrogen) atoms. The minimum atomic E-state index is -0.553. The molecule has 1 aromatic carbocycles. The average Bonchev–Trinajstić information content (AvgIpc) is 2.73. The minimum Gasteiger partial charge on any atom is -0.444 e. The Morgan fingerprint density at radius 3 is 2.55 bits per heavy atom. The van der Waals surface area contributed by atoms with Gasteiger partial charge in [0.15, 0.2) is 0 Å². The van der Waals surface area contributed by atoms with E-state index < -0.39 is 5.60 Å². The monoisotopic (exact) mass is 424 g/mol.